The van der Waals surface area contributed by atoms with Crippen LogP contribution in [0.25, 0.3) is 6.08 Å². The predicted molar refractivity (Wildman–Crippen MR) is 80.9 cm³/mol. The average molecular weight is 285 g/mol. The molecule has 0 saturated heterocycles. The van der Waals surface area contributed by atoms with Crippen molar-refractivity contribution in [1.29, 1.82) is 0 Å². The van der Waals surface area contributed by atoms with Gasteiger partial charge in [-0.05, 0) is 18.6 Å². The molecular weight excluding hydrogens is 268 g/mol. The van der Waals surface area contributed by atoms with Crippen molar-refractivity contribution < 1.29 is 14.4 Å². The zero-order chi connectivity index (χ0) is 15.7. The Hall–Kier alpha value is -2.69. The highest BCUT2D eigenvalue weighted by atomic mass is 16.2. The first-order valence-corrected chi connectivity index (χ1v) is 6.39. The molecule has 0 aliphatic heterocycles. The molecule has 0 aliphatic carbocycles. The summed E-state index contributed by atoms with van der Waals surface area (Å²) in [6, 6.07) is 8.61. The molecule has 0 spiro atoms. The van der Waals surface area contributed by atoms with Crippen molar-refractivity contribution >= 4 is 24.3 Å². The van der Waals surface area contributed by atoms with Gasteiger partial charge in [-0.1, -0.05) is 36.4 Å². The summed E-state index contributed by atoms with van der Waals surface area (Å²) in [6.07, 6.45) is 7.58. The maximum absolute atomic E-state index is 12.0. The lowest BCUT2D eigenvalue weighted by Gasteiger charge is -2.21. The van der Waals surface area contributed by atoms with Crippen LogP contribution in [-0.2, 0) is 9.59 Å². The first-order chi connectivity index (χ1) is 10.1. The fraction of sp³-hybridized carbons (Fsp3) is 0.188. The quantitative estimate of drug-likeness (QED) is 0.779. The van der Waals surface area contributed by atoms with E-state index in [0.717, 1.165) is 10.5 Å². The van der Waals surface area contributed by atoms with Crippen LogP contribution < -0.4 is 0 Å². The summed E-state index contributed by atoms with van der Waals surface area (Å²) in [4.78, 5) is 36.7. The Morgan fingerprint density at radius 3 is 2.48 bits per heavy atom. The molecular formula is C16H17N2O3. The molecule has 0 aliphatic rings. The monoisotopic (exact) mass is 285 g/mol. The Bertz CT molecular complexity index is 550. The van der Waals surface area contributed by atoms with Crippen LogP contribution in [0.4, 0.5) is 4.79 Å². The Morgan fingerprint density at radius 2 is 1.90 bits per heavy atom. The summed E-state index contributed by atoms with van der Waals surface area (Å²) < 4.78 is 0. The SMILES string of the molecule is C/C=C\N(C)C(=O)N(C[C]=O)C(=O)/C=C/c1ccccc1. The highest BCUT2D eigenvalue weighted by Crippen LogP contribution is 2.04. The zero-order valence-electron chi connectivity index (χ0n) is 12.0. The van der Waals surface area contributed by atoms with Crippen molar-refractivity contribution in [2.75, 3.05) is 13.6 Å². The van der Waals surface area contributed by atoms with E-state index in [1.54, 1.807) is 25.4 Å². The van der Waals surface area contributed by atoms with Gasteiger partial charge in [0.2, 0.25) is 6.29 Å². The molecule has 0 unspecified atom stereocenters. The summed E-state index contributed by atoms with van der Waals surface area (Å²) in [7, 11) is 1.51. The smallest absolute Gasteiger partial charge is 0.304 e. The third kappa shape index (κ3) is 5.06. The van der Waals surface area contributed by atoms with Crippen molar-refractivity contribution in [2.45, 2.75) is 6.92 Å². The second kappa shape index (κ2) is 8.47. The third-order valence-corrected chi connectivity index (χ3v) is 2.61. The van der Waals surface area contributed by atoms with Crippen molar-refractivity contribution in [3.05, 3.63) is 54.2 Å². The zero-order valence-corrected chi connectivity index (χ0v) is 12.0. The van der Waals surface area contributed by atoms with Gasteiger partial charge in [0.25, 0.3) is 5.91 Å². The van der Waals surface area contributed by atoms with Crippen LogP contribution in [0.2, 0.25) is 0 Å². The van der Waals surface area contributed by atoms with Gasteiger partial charge in [0.05, 0.1) is 6.54 Å². The summed E-state index contributed by atoms with van der Waals surface area (Å²) in [5.41, 5.74) is 0.829. The van der Waals surface area contributed by atoms with Crippen LogP contribution in [0.3, 0.4) is 0 Å². The van der Waals surface area contributed by atoms with E-state index < -0.39 is 18.5 Å². The number of urea groups is 1. The van der Waals surface area contributed by atoms with Gasteiger partial charge in [-0.25, -0.2) is 4.79 Å². The van der Waals surface area contributed by atoms with Crippen molar-refractivity contribution in [3.63, 3.8) is 0 Å². The first-order valence-electron chi connectivity index (χ1n) is 6.39. The lowest BCUT2D eigenvalue weighted by atomic mass is 10.2. The highest BCUT2D eigenvalue weighted by Gasteiger charge is 2.21. The lowest BCUT2D eigenvalue weighted by Crippen LogP contribution is -2.43. The number of benzene rings is 1. The topological polar surface area (TPSA) is 57.7 Å². The minimum absolute atomic E-state index is 0.404. The Kier molecular flexibility index (Phi) is 6.60. The molecule has 1 rings (SSSR count). The molecule has 3 amide bonds. The number of hydrogen-bond acceptors (Lipinski definition) is 3. The number of carbonyl (C=O) groups is 2. The van der Waals surface area contributed by atoms with Crippen LogP contribution in [0.5, 0.6) is 0 Å². The lowest BCUT2D eigenvalue weighted by molar-refractivity contribution is -0.123. The molecule has 5 nitrogen and oxygen atoms in total. The molecule has 0 atom stereocenters. The third-order valence-electron chi connectivity index (χ3n) is 2.61. The maximum atomic E-state index is 12.0. The fourth-order valence-electron chi connectivity index (χ4n) is 1.60. The van der Waals surface area contributed by atoms with Crippen LogP contribution in [0.15, 0.2) is 48.7 Å². The van der Waals surface area contributed by atoms with E-state index in [4.69, 9.17) is 0 Å². The van der Waals surface area contributed by atoms with Crippen LogP contribution in [0, 0.1) is 0 Å². The molecule has 109 valence electrons. The molecule has 1 radical (unpaired) electrons. The second-order valence-corrected chi connectivity index (χ2v) is 4.19. The molecule has 0 aromatic heterocycles. The highest BCUT2D eigenvalue weighted by molar-refractivity contribution is 6.03. The van der Waals surface area contributed by atoms with Crippen molar-refractivity contribution in [2.24, 2.45) is 0 Å². The number of carbonyl (C=O) groups excluding carboxylic acids is 3. The van der Waals surface area contributed by atoms with E-state index in [1.807, 2.05) is 30.3 Å². The number of rotatable bonds is 5. The molecule has 1 aromatic carbocycles. The number of hydrogen-bond donors (Lipinski definition) is 0. The molecule has 0 heterocycles. The standard InChI is InChI=1S/C16H17N2O3/c1-3-11-17(2)16(21)18(12-13-19)15(20)10-9-14-7-5-4-6-8-14/h3-11H,12H2,1-2H3/b10-9+,11-3-. The summed E-state index contributed by atoms with van der Waals surface area (Å²) in [5.74, 6) is -0.566. The summed E-state index contributed by atoms with van der Waals surface area (Å²) in [5, 5.41) is 0. The Labute approximate surface area is 124 Å². The van der Waals surface area contributed by atoms with Gasteiger partial charge in [-0.3, -0.25) is 14.5 Å². The number of amides is 3. The van der Waals surface area contributed by atoms with Crippen molar-refractivity contribution in [3.8, 4) is 0 Å². The minimum atomic E-state index is -0.584. The normalized spacial score (nSPS) is 10.8. The molecule has 21 heavy (non-hydrogen) atoms. The van der Waals surface area contributed by atoms with Crippen LogP contribution >= 0.6 is 0 Å². The summed E-state index contributed by atoms with van der Waals surface area (Å²) >= 11 is 0. The van der Waals surface area contributed by atoms with E-state index in [9.17, 15) is 14.4 Å². The molecule has 1 aromatic rings. The molecule has 0 bridgehead atoms. The summed E-state index contributed by atoms with van der Waals surface area (Å²) in [6.45, 7) is 1.34. The molecule has 0 N–H and O–H groups in total. The van der Waals surface area contributed by atoms with Crippen molar-refractivity contribution in [1.82, 2.24) is 9.80 Å². The van der Waals surface area contributed by atoms with Gasteiger partial charge in [-0.15, -0.1) is 0 Å². The van der Waals surface area contributed by atoms with Gasteiger partial charge >= 0.3 is 6.03 Å². The molecule has 0 saturated carbocycles. The minimum Gasteiger partial charge on any atom is -0.304 e. The second-order valence-electron chi connectivity index (χ2n) is 4.19. The van der Waals surface area contributed by atoms with E-state index >= 15 is 0 Å². The Morgan fingerprint density at radius 1 is 1.24 bits per heavy atom. The van der Waals surface area contributed by atoms with Gasteiger partial charge in [0.1, 0.15) is 0 Å². The average Bonchev–Trinajstić information content (AvgIpc) is 2.51. The number of nitrogens with zero attached hydrogens (tertiary/aromatic N) is 2. The van der Waals surface area contributed by atoms with E-state index in [0.29, 0.717) is 0 Å². The van der Waals surface area contributed by atoms with Gasteiger partial charge in [0.15, 0.2) is 0 Å². The first kappa shape index (κ1) is 16.4. The van der Waals surface area contributed by atoms with E-state index in [1.165, 1.54) is 24.2 Å². The Balaban J connectivity index is 2.85. The van der Waals surface area contributed by atoms with Crippen LogP contribution in [0.1, 0.15) is 12.5 Å². The fourth-order valence-corrected chi connectivity index (χ4v) is 1.60. The molecule has 5 heteroatoms. The maximum Gasteiger partial charge on any atom is 0.331 e. The van der Waals surface area contributed by atoms with Crippen LogP contribution in [-0.4, -0.2) is 41.6 Å². The largest absolute Gasteiger partial charge is 0.331 e. The van der Waals surface area contributed by atoms with Gasteiger partial charge in [0, 0.05) is 19.3 Å². The van der Waals surface area contributed by atoms with Gasteiger partial charge < -0.3 is 4.90 Å². The molecule has 0 fully saturated rings. The number of allylic oxidation sites excluding steroid dienone is 1. The predicted octanol–water partition coefficient (Wildman–Crippen LogP) is 2.22. The number of imide groups is 1. The van der Waals surface area contributed by atoms with Gasteiger partial charge in [-0.2, -0.15) is 0 Å². The van der Waals surface area contributed by atoms with E-state index in [-0.39, 0.29) is 0 Å². The van der Waals surface area contributed by atoms with E-state index in [2.05, 4.69) is 0 Å².